The van der Waals surface area contributed by atoms with Gasteiger partial charge in [-0.25, -0.2) is 4.79 Å². The topological polar surface area (TPSA) is 35.5 Å². The van der Waals surface area contributed by atoms with Crippen LogP contribution in [-0.4, -0.2) is 19.2 Å². The summed E-state index contributed by atoms with van der Waals surface area (Å²) in [6.45, 7) is 1.87. The first kappa shape index (κ1) is 12.7. The van der Waals surface area contributed by atoms with E-state index < -0.39 is 0 Å². The van der Waals surface area contributed by atoms with Crippen molar-refractivity contribution in [3.05, 3.63) is 53.3 Å². The van der Waals surface area contributed by atoms with Gasteiger partial charge in [-0.2, -0.15) is 0 Å². The number of esters is 1. The number of methoxy groups -OCH3 is 1. The molecule has 0 saturated heterocycles. The van der Waals surface area contributed by atoms with Crippen molar-refractivity contribution in [1.29, 1.82) is 0 Å². The van der Waals surface area contributed by atoms with Crippen molar-refractivity contribution >= 4 is 11.5 Å². The summed E-state index contributed by atoms with van der Waals surface area (Å²) in [6, 6.07) is 10.5. The van der Waals surface area contributed by atoms with Gasteiger partial charge in [0.25, 0.3) is 0 Å². The lowest BCUT2D eigenvalue weighted by molar-refractivity contribution is -0.136. The van der Waals surface area contributed by atoms with Crippen LogP contribution >= 0.6 is 0 Å². The summed E-state index contributed by atoms with van der Waals surface area (Å²) in [6.07, 6.45) is 3.34. The molecule has 1 saturated carbocycles. The molecule has 0 spiro atoms. The third kappa shape index (κ3) is 1.84. The van der Waals surface area contributed by atoms with Crippen LogP contribution in [0.25, 0.3) is 5.57 Å². The molecule has 4 rings (SSSR count). The van der Waals surface area contributed by atoms with Gasteiger partial charge in [0.15, 0.2) is 0 Å². The molecular formula is C18H18O3. The maximum atomic E-state index is 12.0. The molecule has 1 aliphatic heterocycles. The number of benzene rings is 1. The highest BCUT2D eigenvalue weighted by Crippen LogP contribution is 2.60. The molecule has 0 aromatic heterocycles. The Hall–Kier alpha value is -2.03. The van der Waals surface area contributed by atoms with Crippen LogP contribution in [0.1, 0.15) is 18.9 Å². The van der Waals surface area contributed by atoms with Crippen LogP contribution in [0.5, 0.6) is 0 Å². The van der Waals surface area contributed by atoms with Crippen molar-refractivity contribution in [1.82, 2.24) is 0 Å². The summed E-state index contributed by atoms with van der Waals surface area (Å²) in [4.78, 5) is 12.0. The number of allylic oxidation sites excluding steroid dienone is 2. The Morgan fingerprint density at radius 2 is 2.05 bits per heavy atom. The molecule has 1 aromatic rings. The van der Waals surface area contributed by atoms with Gasteiger partial charge in [-0.15, -0.1) is 0 Å². The van der Waals surface area contributed by atoms with E-state index in [4.69, 9.17) is 9.47 Å². The zero-order valence-corrected chi connectivity index (χ0v) is 12.2. The van der Waals surface area contributed by atoms with Crippen LogP contribution < -0.4 is 0 Å². The summed E-state index contributed by atoms with van der Waals surface area (Å²) in [5, 5.41) is 0. The predicted molar refractivity (Wildman–Crippen MR) is 79.1 cm³/mol. The van der Waals surface area contributed by atoms with E-state index in [0.29, 0.717) is 11.8 Å². The molecule has 1 fully saturated rings. The SMILES string of the molecule is COC(=O)C1=C(C)O[C@H]2C=C(c3ccccc3)[C@@H]3C[C@@H]3[C@@H]12. The summed E-state index contributed by atoms with van der Waals surface area (Å²) in [5.41, 5.74) is 3.40. The van der Waals surface area contributed by atoms with Crippen molar-refractivity contribution < 1.29 is 14.3 Å². The van der Waals surface area contributed by atoms with Crippen molar-refractivity contribution in [3.8, 4) is 0 Å². The second kappa shape index (κ2) is 4.48. The number of carbonyl (C=O) groups is 1. The van der Waals surface area contributed by atoms with Crippen molar-refractivity contribution in [2.45, 2.75) is 19.4 Å². The second-order valence-electron chi connectivity index (χ2n) is 6.06. The van der Waals surface area contributed by atoms with Crippen LogP contribution in [0.4, 0.5) is 0 Å². The van der Waals surface area contributed by atoms with Crippen molar-refractivity contribution in [3.63, 3.8) is 0 Å². The molecule has 1 heterocycles. The first-order valence-electron chi connectivity index (χ1n) is 7.43. The minimum atomic E-state index is -0.234. The van der Waals surface area contributed by atoms with Crippen LogP contribution in [0.2, 0.25) is 0 Å². The smallest absolute Gasteiger partial charge is 0.337 e. The molecular weight excluding hydrogens is 264 g/mol. The van der Waals surface area contributed by atoms with Crippen molar-refractivity contribution in [2.75, 3.05) is 7.11 Å². The summed E-state index contributed by atoms with van der Waals surface area (Å²) < 4.78 is 10.9. The second-order valence-corrected chi connectivity index (χ2v) is 6.06. The largest absolute Gasteiger partial charge is 0.490 e. The molecule has 3 heteroatoms. The standard InChI is InChI=1S/C18H18O3/c1-10-16(18(19)20-2)17-14-8-13(14)12(9-15(17)21-10)11-6-4-3-5-7-11/h3-7,9,13-15,17H,8H2,1-2H3/t13-,14-,15-,17+/m0/s1. The van der Waals surface area contributed by atoms with E-state index in [2.05, 4.69) is 30.3 Å². The molecule has 0 N–H and O–H groups in total. The third-order valence-electron chi connectivity index (χ3n) is 4.94. The molecule has 108 valence electrons. The summed E-state index contributed by atoms with van der Waals surface area (Å²) >= 11 is 0. The molecule has 4 atom stereocenters. The van der Waals surface area contributed by atoms with Crippen molar-refractivity contribution in [2.24, 2.45) is 17.8 Å². The fourth-order valence-corrected chi connectivity index (χ4v) is 3.94. The molecule has 21 heavy (non-hydrogen) atoms. The summed E-state index contributed by atoms with van der Waals surface area (Å²) in [7, 11) is 1.44. The number of hydrogen-bond donors (Lipinski definition) is 0. The molecule has 0 radical (unpaired) electrons. The zero-order chi connectivity index (χ0) is 14.6. The molecule has 1 aromatic carbocycles. The Balaban J connectivity index is 1.70. The molecule has 3 aliphatic rings. The van der Waals surface area contributed by atoms with Gasteiger partial charge < -0.3 is 9.47 Å². The lowest BCUT2D eigenvalue weighted by Crippen LogP contribution is -2.26. The quantitative estimate of drug-likeness (QED) is 0.782. The Kier molecular flexibility index (Phi) is 2.71. The van der Waals surface area contributed by atoms with E-state index in [1.165, 1.54) is 18.2 Å². The van der Waals surface area contributed by atoms with Crippen LogP contribution in [0.3, 0.4) is 0 Å². The highest BCUT2D eigenvalue weighted by atomic mass is 16.5. The predicted octanol–water partition coefficient (Wildman–Crippen LogP) is 3.18. The molecule has 0 bridgehead atoms. The Morgan fingerprint density at radius 3 is 2.76 bits per heavy atom. The number of rotatable bonds is 2. The Bertz CT molecular complexity index is 656. The van der Waals surface area contributed by atoms with Gasteiger partial charge >= 0.3 is 5.97 Å². The van der Waals surface area contributed by atoms with E-state index in [-0.39, 0.29) is 18.0 Å². The molecule has 0 amide bonds. The molecule has 3 nitrogen and oxygen atoms in total. The summed E-state index contributed by atoms with van der Waals surface area (Å²) in [5.74, 6) is 1.75. The Morgan fingerprint density at radius 1 is 1.29 bits per heavy atom. The van der Waals surface area contributed by atoms with Gasteiger partial charge in [-0.05, 0) is 42.4 Å². The molecule has 0 unspecified atom stereocenters. The van der Waals surface area contributed by atoms with E-state index in [1.807, 2.05) is 13.0 Å². The zero-order valence-electron chi connectivity index (χ0n) is 12.2. The normalized spacial score (nSPS) is 32.8. The van der Waals surface area contributed by atoms with E-state index in [0.717, 1.165) is 17.8 Å². The number of ether oxygens (including phenoxy) is 2. The van der Waals surface area contributed by atoms with Gasteiger partial charge in [-0.3, -0.25) is 0 Å². The minimum absolute atomic E-state index is 0.0157. The third-order valence-corrected chi connectivity index (χ3v) is 4.94. The van der Waals surface area contributed by atoms with Crippen LogP contribution in [0.15, 0.2) is 47.7 Å². The van der Waals surface area contributed by atoms with Gasteiger partial charge in [0.2, 0.25) is 0 Å². The Labute approximate surface area is 124 Å². The van der Waals surface area contributed by atoms with Gasteiger partial charge in [0.05, 0.1) is 12.7 Å². The molecule has 2 aliphatic carbocycles. The number of carbonyl (C=O) groups excluding carboxylic acids is 1. The van der Waals surface area contributed by atoms with E-state index in [9.17, 15) is 4.79 Å². The maximum Gasteiger partial charge on any atom is 0.337 e. The van der Waals surface area contributed by atoms with Crippen LogP contribution in [-0.2, 0) is 14.3 Å². The van der Waals surface area contributed by atoms with E-state index in [1.54, 1.807) is 0 Å². The highest BCUT2D eigenvalue weighted by Gasteiger charge is 2.56. The minimum Gasteiger partial charge on any atom is -0.490 e. The van der Waals surface area contributed by atoms with Gasteiger partial charge in [0, 0.05) is 5.92 Å². The number of fused-ring (bicyclic) bond motifs is 3. The van der Waals surface area contributed by atoms with Gasteiger partial charge in [0.1, 0.15) is 11.9 Å². The first-order valence-corrected chi connectivity index (χ1v) is 7.43. The fraction of sp³-hybridized carbons (Fsp3) is 0.389. The number of hydrogen-bond acceptors (Lipinski definition) is 3. The monoisotopic (exact) mass is 282 g/mol. The van der Waals surface area contributed by atoms with Gasteiger partial charge in [-0.1, -0.05) is 30.3 Å². The first-order chi connectivity index (χ1) is 10.2. The maximum absolute atomic E-state index is 12.0. The fourth-order valence-electron chi connectivity index (χ4n) is 3.94. The average Bonchev–Trinajstić information content (AvgIpc) is 3.23. The lowest BCUT2D eigenvalue weighted by atomic mass is 9.81. The van der Waals surface area contributed by atoms with E-state index >= 15 is 0 Å². The van der Waals surface area contributed by atoms with Crippen LogP contribution in [0, 0.1) is 17.8 Å². The average molecular weight is 282 g/mol. The highest BCUT2D eigenvalue weighted by molar-refractivity contribution is 5.91. The lowest BCUT2D eigenvalue weighted by Gasteiger charge is -2.24.